The Balaban J connectivity index is 1.89. The van der Waals surface area contributed by atoms with Gasteiger partial charge in [0.15, 0.2) is 0 Å². The quantitative estimate of drug-likeness (QED) is 0.461. The fraction of sp³-hybridized carbons (Fsp3) is 0.240. The summed E-state index contributed by atoms with van der Waals surface area (Å²) in [5, 5.41) is 18.5. The van der Waals surface area contributed by atoms with Gasteiger partial charge in [-0.25, -0.2) is 0 Å². The normalized spacial score (nSPS) is 11.8. The van der Waals surface area contributed by atoms with Crippen LogP contribution in [0.25, 0.3) is 11.1 Å². The number of aliphatic hydroxyl groups is 1. The number of para-hydroxylation sites is 1. The van der Waals surface area contributed by atoms with Gasteiger partial charge in [-0.1, -0.05) is 42.5 Å². The number of benzene rings is 3. The predicted octanol–water partition coefficient (Wildman–Crippen LogP) is 3.70. The number of carboxylic acids is 1. The lowest BCUT2D eigenvalue weighted by atomic mass is 9.97. The average molecular weight is 421 g/mol. The Bertz CT molecular complexity index is 1030. The molecule has 0 fully saturated rings. The molecule has 162 valence electrons. The van der Waals surface area contributed by atoms with Crippen molar-refractivity contribution in [2.75, 3.05) is 13.7 Å². The van der Waals surface area contributed by atoms with Crippen LogP contribution in [0.2, 0.25) is 0 Å². The smallest absolute Gasteiger partial charge is 0.307 e. The number of nitrogens with two attached hydrogens (primary N) is 1. The van der Waals surface area contributed by atoms with E-state index in [-0.39, 0.29) is 19.6 Å². The second-order valence-electron chi connectivity index (χ2n) is 7.35. The first-order valence-electron chi connectivity index (χ1n) is 10.0. The highest BCUT2D eigenvalue weighted by Gasteiger charge is 2.11. The molecule has 0 radical (unpaired) electrons. The van der Waals surface area contributed by atoms with Gasteiger partial charge in [0, 0.05) is 12.7 Å². The highest BCUT2D eigenvalue weighted by molar-refractivity contribution is 5.71. The number of methoxy groups -OCH3 is 1. The van der Waals surface area contributed by atoms with Gasteiger partial charge in [-0.3, -0.25) is 4.79 Å². The van der Waals surface area contributed by atoms with E-state index < -0.39 is 12.0 Å². The molecule has 0 aliphatic rings. The number of carboxylic acid groups (broad SMARTS) is 1. The third-order valence-electron chi connectivity index (χ3n) is 4.92. The number of ether oxygens (including phenoxy) is 2. The van der Waals surface area contributed by atoms with Gasteiger partial charge in [-0.05, 0) is 52.1 Å². The molecule has 0 bridgehead atoms. The molecular weight excluding hydrogens is 394 g/mol. The molecule has 0 aromatic heterocycles. The molecule has 6 heteroatoms. The zero-order chi connectivity index (χ0) is 22.2. The molecule has 6 nitrogen and oxygen atoms in total. The lowest BCUT2D eigenvalue weighted by Gasteiger charge is -2.14. The minimum atomic E-state index is -0.901. The lowest BCUT2D eigenvalue weighted by Crippen LogP contribution is -2.14. The van der Waals surface area contributed by atoms with Crippen LogP contribution >= 0.6 is 0 Å². The number of rotatable bonds is 10. The van der Waals surface area contributed by atoms with E-state index in [2.05, 4.69) is 6.07 Å². The number of hydrogen-bond donors (Lipinski definition) is 3. The van der Waals surface area contributed by atoms with Crippen molar-refractivity contribution in [3.8, 4) is 16.9 Å². The maximum absolute atomic E-state index is 11.1. The molecule has 0 saturated carbocycles. The van der Waals surface area contributed by atoms with Crippen molar-refractivity contribution in [2.24, 2.45) is 5.73 Å². The SMILES string of the molecule is COCc1cc(COc2ccccc2CC(=O)O)cc(-c2cccc(C(N)CO)c2)c1. The van der Waals surface area contributed by atoms with Crippen LogP contribution in [0.1, 0.15) is 28.3 Å². The summed E-state index contributed by atoms with van der Waals surface area (Å²) >= 11 is 0. The standard InChI is InChI=1S/C25H27NO5/c1-30-15-17-9-18(16-31-24-8-3-2-5-21(24)13-25(28)29)11-22(10-17)19-6-4-7-20(12-19)23(26)14-27/h2-12,23,27H,13-16,26H2,1H3,(H,28,29). The highest BCUT2D eigenvalue weighted by Crippen LogP contribution is 2.27. The summed E-state index contributed by atoms with van der Waals surface area (Å²) in [5.74, 6) is -0.346. The largest absolute Gasteiger partial charge is 0.489 e. The molecular formula is C25H27NO5. The van der Waals surface area contributed by atoms with Crippen molar-refractivity contribution in [1.82, 2.24) is 0 Å². The first-order valence-corrected chi connectivity index (χ1v) is 10.0. The second kappa shape index (κ2) is 10.7. The number of aliphatic hydroxyl groups excluding tert-OH is 1. The molecule has 0 saturated heterocycles. The molecule has 0 aliphatic carbocycles. The maximum Gasteiger partial charge on any atom is 0.307 e. The minimum absolute atomic E-state index is 0.0942. The van der Waals surface area contributed by atoms with E-state index in [1.807, 2.05) is 42.5 Å². The van der Waals surface area contributed by atoms with Crippen LogP contribution in [-0.4, -0.2) is 29.9 Å². The van der Waals surface area contributed by atoms with Gasteiger partial charge in [0.05, 0.1) is 25.7 Å². The van der Waals surface area contributed by atoms with Crippen LogP contribution in [0.4, 0.5) is 0 Å². The number of hydrogen-bond acceptors (Lipinski definition) is 5. The topological polar surface area (TPSA) is 102 Å². The van der Waals surface area contributed by atoms with E-state index in [1.165, 1.54) is 0 Å². The molecule has 0 aliphatic heterocycles. The van der Waals surface area contributed by atoms with Crippen LogP contribution in [0.5, 0.6) is 5.75 Å². The Morgan fingerprint density at radius 1 is 0.968 bits per heavy atom. The molecule has 1 unspecified atom stereocenters. The monoisotopic (exact) mass is 421 g/mol. The number of carbonyl (C=O) groups is 1. The van der Waals surface area contributed by atoms with E-state index in [9.17, 15) is 9.90 Å². The van der Waals surface area contributed by atoms with E-state index >= 15 is 0 Å². The van der Waals surface area contributed by atoms with Gasteiger partial charge in [-0.15, -0.1) is 0 Å². The van der Waals surface area contributed by atoms with Crippen LogP contribution in [0.3, 0.4) is 0 Å². The molecule has 3 aromatic carbocycles. The summed E-state index contributed by atoms with van der Waals surface area (Å²) in [6.07, 6.45) is -0.0942. The van der Waals surface area contributed by atoms with E-state index in [4.69, 9.17) is 20.3 Å². The van der Waals surface area contributed by atoms with Gasteiger partial charge in [0.25, 0.3) is 0 Å². The van der Waals surface area contributed by atoms with Crippen molar-refractivity contribution in [2.45, 2.75) is 25.7 Å². The molecule has 0 heterocycles. The summed E-state index contributed by atoms with van der Waals surface area (Å²) in [6, 6.07) is 20.6. The fourth-order valence-electron chi connectivity index (χ4n) is 3.43. The highest BCUT2D eigenvalue weighted by atomic mass is 16.5. The molecule has 0 amide bonds. The van der Waals surface area contributed by atoms with Crippen molar-refractivity contribution in [3.05, 3.63) is 89.0 Å². The van der Waals surface area contributed by atoms with Gasteiger partial charge < -0.3 is 25.4 Å². The molecule has 31 heavy (non-hydrogen) atoms. The van der Waals surface area contributed by atoms with Crippen LogP contribution < -0.4 is 10.5 Å². The summed E-state index contributed by atoms with van der Waals surface area (Å²) in [7, 11) is 1.64. The van der Waals surface area contributed by atoms with Crippen molar-refractivity contribution in [1.29, 1.82) is 0 Å². The van der Waals surface area contributed by atoms with E-state index in [0.717, 1.165) is 27.8 Å². The van der Waals surface area contributed by atoms with Gasteiger partial charge in [-0.2, -0.15) is 0 Å². The first-order chi connectivity index (χ1) is 15.0. The zero-order valence-electron chi connectivity index (χ0n) is 17.5. The fourth-order valence-corrected chi connectivity index (χ4v) is 3.43. The van der Waals surface area contributed by atoms with Crippen molar-refractivity contribution >= 4 is 5.97 Å². The Morgan fingerprint density at radius 3 is 2.42 bits per heavy atom. The van der Waals surface area contributed by atoms with Crippen LogP contribution in [0.15, 0.2) is 66.7 Å². The Hall–Kier alpha value is -3.19. The van der Waals surface area contributed by atoms with Crippen molar-refractivity contribution in [3.63, 3.8) is 0 Å². The third-order valence-corrected chi connectivity index (χ3v) is 4.92. The molecule has 3 aromatic rings. The zero-order valence-corrected chi connectivity index (χ0v) is 17.5. The number of aliphatic carboxylic acids is 1. The average Bonchev–Trinajstić information content (AvgIpc) is 2.78. The Kier molecular flexibility index (Phi) is 7.78. The molecule has 0 spiro atoms. The summed E-state index contributed by atoms with van der Waals surface area (Å²) in [5.41, 5.74) is 11.4. The Labute approximate surface area is 181 Å². The van der Waals surface area contributed by atoms with Gasteiger partial charge in [0.2, 0.25) is 0 Å². The summed E-state index contributed by atoms with van der Waals surface area (Å²) < 4.78 is 11.3. The summed E-state index contributed by atoms with van der Waals surface area (Å²) in [4.78, 5) is 11.1. The molecule has 3 rings (SSSR count). The minimum Gasteiger partial charge on any atom is -0.489 e. The maximum atomic E-state index is 11.1. The van der Waals surface area contributed by atoms with Crippen LogP contribution in [0, 0.1) is 0 Å². The first kappa shape index (κ1) is 22.5. The second-order valence-corrected chi connectivity index (χ2v) is 7.35. The van der Waals surface area contributed by atoms with Crippen LogP contribution in [-0.2, 0) is 29.2 Å². The van der Waals surface area contributed by atoms with E-state index in [0.29, 0.717) is 17.9 Å². The van der Waals surface area contributed by atoms with Gasteiger partial charge >= 0.3 is 5.97 Å². The van der Waals surface area contributed by atoms with Crippen molar-refractivity contribution < 1.29 is 24.5 Å². The molecule has 1 atom stereocenters. The van der Waals surface area contributed by atoms with E-state index in [1.54, 1.807) is 25.3 Å². The Morgan fingerprint density at radius 2 is 1.71 bits per heavy atom. The molecule has 4 N–H and O–H groups in total. The summed E-state index contributed by atoms with van der Waals surface area (Å²) in [6.45, 7) is 0.616. The predicted molar refractivity (Wildman–Crippen MR) is 119 cm³/mol. The third kappa shape index (κ3) is 6.15. The van der Waals surface area contributed by atoms with Gasteiger partial charge in [0.1, 0.15) is 12.4 Å². The lowest BCUT2D eigenvalue weighted by molar-refractivity contribution is -0.136.